The van der Waals surface area contributed by atoms with Gasteiger partial charge in [-0.1, -0.05) is 29.8 Å². The van der Waals surface area contributed by atoms with E-state index in [0.29, 0.717) is 21.7 Å². The Morgan fingerprint density at radius 1 is 1.04 bits per heavy atom. The summed E-state index contributed by atoms with van der Waals surface area (Å²) in [5, 5.41) is 6.85. The molecule has 1 aliphatic heterocycles. The molecule has 0 bridgehead atoms. The molecule has 124 valence electrons. The first-order valence-electron chi connectivity index (χ1n) is 8.06. The highest BCUT2D eigenvalue weighted by atomic mass is 35.5. The van der Waals surface area contributed by atoms with Crippen LogP contribution in [0.4, 0.5) is 0 Å². The van der Waals surface area contributed by atoms with E-state index in [9.17, 15) is 9.59 Å². The maximum Gasteiger partial charge on any atom is 0.252 e. The second-order valence-electron chi connectivity index (χ2n) is 5.90. The number of ketones is 1. The minimum Gasteiger partial charge on any atom is -0.348 e. The van der Waals surface area contributed by atoms with Crippen LogP contribution in [0.1, 0.15) is 39.1 Å². The van der Waals surface area contributed by atoms with E-state index in [1.54, 1.807) is 48.5 Å². The summed E-state index contributed by atoms with van der Waals surface area (Å²) < 4.78 is 0. The van der Waals surface area contributed by atoms with Crippen molar-refractivity contribution in [2.45, 2.75) is 18.9 Å². The third kappa shape index (κ3) is 3.83. The van der Waals surface area contributed by atoms with Gasteiger partial charge in [0.1, 0.15) is 0 Å². The molecule has 1 heterocycles. The van der Waals surface area contributed by atoms with Gasteiger partial charge in [-0.15, -0.1) is 0 Å². The van der Waals surface area contributed by atoms with E-state index in [4.69, 9.17) is 11.6 Å². The largest absolute Gasteiger partial charge is 0.348 e. The molecule has 0 radical (unpaired) electrons. The minimum atomic E-state index is -0.207. The molecule has 1 amide bonds. The van der Waals surface area contributed by atoms with Crippen LogP contribution in [-0.4, -0.2) is 30.8 Å². The normalized spacial score (nSPS) is 17.3. The highest BCUT2D eigenvalue weighted by molar-refractivity contribution is 6.30. The molecule has 24 heavy (non-hydrogen) atoms. The Kier molecular flexibility index (Phi) is 5.28. The monoisotopic (exact) mass is 342 g/mol. The predicted molar refractivity (Wildman–Crippen MR) is 94.7 cm³/mol. The second-order valence-corrected chi connectivity index (χ2v) is 6.33. The first-order valence-corrected chi connectivity index (χ1v) is 8.44. The number of piperidine rings is 1. The molecule has 0 saturated carbocycles. The fourth-order valence-electron chi connectivity index (χ4n) is 2.87. The average molecular weight is 343 g/mol. The van der Waals surface area contributed by atoms with Gasteiger partial charge in [0, 0.05) is 28.7 Å². The molecule has 0 aromatic heterocycles. The summed E-state index contributed by atoms with van der Waals surface area (Å²) in [7, 11) is 0. The standard InChI is InChI=1S/C19H19ClN2O2/c20-14-9-7-13(8-10-14)18(23)16-5-1-2-6-17(16)19(24)22-15-4-3-11-21-12-15/h1-2,5-10,15,21H,3-4,11-12H2,(H,22,24)/t15-/m0/s1. The predicted octanol–water partition coefficient (Wildman–Crippen LogP) is 3.05. The second kappa shape index (κ2) is 7.60. The van der Waals surface area contributed by atoms with Crippen LogP contribution in [0.5, 0.6) is 0 Å². The molecule has 2 aromatic rings. The van der Waals surface area contributed by atoms with Gasteiger partial charge in [0.15, 0.2) is 5.78 Å². The summed E-state index contributed by atoms with van der Waals surface area (Å²) in [5.74, 6) is -0.388. The number of nitrogens with one attached hydrogen (secondary N) is 2. The van der Waals surface area contributed by atoms with Gasteiger partial charge in [-0.2, -0.15) is 0 Å². The Balaban J connectivity index is 1.83. The third-order valence-electron chi connectivity index (χ3n) is 4.15. The summed E-state index contributed by atoms with van der Waals surface area (Å²) in [5.41, 5.74) is 1.32. The summed E-state index contributed by atoms with van der Waals surface area (Å²) in [6.07, 6.45) is 1.99. The molecule has 4 nitrogen and oxygen atoms in total. The van der Waals surface area contributed by atoms with Gasteiger partial charge >= 0.3 is 0 Å². The number of benzene rings is 2. The Morgan fingerprint density at radius 3 is 2.42 bits per heavy atom. The number of carbonyl (C=O) groups excluding carboxylic acids is 2. The first kappa shape index (κ1) is 16.7. The van der Waals surface area contributed by atoms with Gasteiger partial charge in [0.05, 0.1) is 5.56 Å². The molecule has 0 spiro atoms. The number of halogens is 1. The highest BCUT2D eigenvalue weighted by Crippen LogP contribution is 2.17. The average Bonchev–Trinajstić information content (AvgIpc) is 2.62. The first-order chi connectivity index (χ1) is 11.6. The Bertz CT molecular complexity index is 737. The molecular weight excluding hydrogens is 324 g/mol. The van der Waals surface area contributed by atoms with E-state index >= 15 is 0 Å². The molecule has 3 rings (SSSR count). The zero-order valence-corrected chi connectivity index (χ0v) is 14.0. The summed E-state index contributed by atoms with van der Waals surface area (Å²) in [6.45, 7) is 1.75. The number of rotatable bonds is 4. The zero-order valence-electron chi connectivity index (χ0n) is 13.2. The van der Waals surface area contributed by atoms with Gasteiger partial charge in [0.25, 0.3) is 5.91 Å². The number of amides is 1. The van der Waals surface area contributed by atoms with Gasteiger partial charge in [-0.3, -0.25) is 9.59 Å². The van der Waals surface area contributed by atoms with E-state index in [1.165, 1.54) is 0 Å². The molecule has 5 heteroatoms. The van der Waals surface area contributed by atoms with Crippen LogP contribution < -0.4 is 10.6 Å². The highest BCUT2D eigenvalue weighted by Gasteiger charge is 2.21. The van der Waals surface area contributed by atoms with Crippen LogP contribution in [-0.2, 0) is 0 Å². The summed E-state index contributed by atoms with van der Waals surface area (Å²) in [6, 6.07) is 13.7. The van der Waals surface area contributed by atoms with Crippen LogP contribution in [0.2, 0.25) is 5.02 Å². The fraction of sp³-hybridized carbons (Fsp3) is 0.263. The van der Waals surface area contributed by atoms with E-state index in [0.717, 1.165) is 25.9 Å². The van der Waals surface area contributed by atoms with Crippen molar-refractivity contribution in [3.05, 3.63) is 70.2 Å². The lowest BCUT2D eigenvalue weighted by atomic mass is 9.97. The quantitative estimate of drug-likeness (QED) is 0.840. The van der Waals surface area contributed by atoms with Crippen molar-refractivity contribution in [3.63, 3.8) is 0 Å². The molecule has 1 fully saturated rings. The van der Waals surface area contributed by atoms with Crippen molar-refractivity contribution in [1.29, 1.82) is 0 Å². The number of hydrogen-bond donors (Lipinski definition) is 2. The Labute approximate surface area is 146 Å². The minimum absolute atomic E-state index is 0.102. The van der Waals surface area contributed by atoms with Gasteiger partial charge in [-0.05, 0) is 49.7 Å². The number of hydrogen-bond acceptors (Lipinski definition) is 3. The zero-order chi connectivity index (χ0) is 16.9. The topological polar surface area (TPSA) is 58.2 Å². The fourth-order valence-corrected chi connectivity index (χ4v) is 3.00. The molecule has 1 atom stereocenters. The maximum absolute atomic E-state index is 12.7. The van der Waals surface area contributed by atoms with Gasteiger partial charge in [-0.25, -0.2) is 0 Å². The molecule has 0 aliphatic carbocycles. The van der Waals surface area contributed by atoms with Crippen molar-refractivity contribution in [2.75, 3.05) is 13.1 Å². The molecule has 1 saturated heterocycles. The lowest BCUT2D eigenvalue weighted by molar-refractivity contribution is 0.0921. The maximum atomic E-state index is 12.7. The van der Waals surface area contributed by atoms with E-state index in [1.807, 2.05) is 0 Å². The smallest absolute Gasteiger partial charge is 0.252 e. The molecule has 2 N–H and O–H groups in total. The number of carbonyl (C=O) groups is 2. The van der Waals surface area contributed by atoms with Crippen LogP contribution in [0.15, 0.2) is 48.5 Å². The molecule has 2 aromatic carbocycles. The van der Waals surface area contributed by atoms with Crippen LogP contribution in [0.3, 0.4) is 0 Å². The summed E-state index contributed by atoms with van der Waals surface area (Å²) >= 11 is 5.87. The molecule has 0 unspecified atom stereocenters. The van der Waals surface area contributed by atoms with E-state index in [-0.39, 0.29) is 17.7 Å². The van der Waals surface area contributed by atoms with Crippen LogP contribution >= 0.6 is 11.6 Å². The van der Waals surface area contributed by atoms with Gasteiger partial charge in [0.2, 0.25) is 0 Å². The van der Waals surface area contributed by atoms with E-state index in [2.05, 4.69) is 10.6 Å². The molecular formula is C19H19ClN2O2. The van der Waals surface area contributed by atoms with Crippen molar-refractivity contribution in [1.82, 2.24) is 10.6 Å². The Morgan fingerprint density at radius 2 is 1.75 bits per heavy atom. The Hall–Kier alpha value is -2.17. The van der Waals surface area contributed by atoms with Crippen molar-refractivity contribution in [3.8, 4) is 0 Å². The lowest BCUT2D eigenvalue weighted by Crippen LogP contribution is -2.45. The molecule has 1 aliphatic rings. The van der Waals surface area contributed by atoms with Crippen LogP contribution in [0.25, 0.3) is 0 Å². The van der Waals surface area contributed by atoms with Crippen LogP contribution in [0, 0.1) is 0 Å². The van der Waals surface area contributed by atoms with Crippen molar-refractivity contribution < 1.29 is 9.59 Å². The van der Waals surface area contributed by atoms with E-state index < -0.39 is 0 Å². The SMILES string of the molecule is O=C(N[C@H]1CCCNC1)c1ccccc1C(=O)c1ccc(Cl)cc1. The van der Waals surface area contributed by atoms with Gasteiger partial charge < -0.3 is 10.6 Å². The third-order valence-corrected chi connectivity index (χ3v) is 4.41. The lowest BCUT2D eigenvalue weighted by Gasteiger charge is -2.24. The van der Waals surface area contributed by atoms with Crippen molar-refractivity contribution in [2.24, 2.45) is 0 Å². The van der Waals surface area contributed by atoms with Crippen molar-refractivity contribution >= 4 is 23.3 Å². The summed E-state index contributed by atoms with van der Waals surface area (Å²) in [4.78, 5) is 25.4.